The van der Waals surface area contributed by atoms with E-state index in [1.807, 2.05) is 0 Å². The van der Waals surface area contributed by atoms with Crippen LogP contribution in [0, 0.1) is 5.92 Å². The van der Waals surface area contributed by atoms with Gasteiger partial charge in [-0.15, -0.1) is 0 Å². The summed E-state index contributed by atoms with van der Waals surface area (Å²) < 4.78 is 12.4. The average molecular weight is 327 g/mol. The minimum Gasteiger partial charge on any atom is -0.548 e. The quantitative estimate of drug-likeness (QED) is 0.354. The highest BCUT2D eigenvalue weighted by molar-refractivity contribution is 6.74. The molecule has 0 unspecified atom stereocenters. The molecule has 0 radical (unpaired) electrons. The molecule has 0 aromatic heterocycles. The first-order valence-electron chi connectivity index (χ1n) is 8.03. The Morgan fingerprint density at radius 3 is 2.19 bits per heavy atom. The van der Waals surface area contributed by atoms with E-state index in [2.05, 4.69) is 72.2 Å². The van der Waals surface area contributed by atoms with Gasteiger partial charge in [-0.1, -0.05) is 39.5 Å². The molecule has 0 N–H and O–H groups in total. The fraction of sp³-hybridized carbons (Fsp3) is 0.765. The standard InChI is InChI=1S/C17H34O2Si2/c1-14(18-20(5,6)7)12-15-10-11-16(13-15)19-21(8,9)17(2,3)4/h10-11,15-16H,1,12-13H2,2-9H3/t15-,16-/m0/s1. The molecule has 21 heavy (non-hydrogen) atoms. The summed E-state index contributed by atoms with van der Waals surface area (Å²) in [6, 6.07) is 0. The molecule has 0 heterocycles. The molecule has 2 nitrogen and oxygen atoms in total. The van der Waals surface area contributed by atoms with Crippen LogP contribution in [0.1, 0.15) is 33.6 Å². The Hall–Kier alpha value is -0.326. The van der Waals surface area contributed by atoms with Crippen molar-refractivity contribution in [3.63, 3.8) is 0 Å². The molecule has 1 rings (SSSR count). The van der Waals surface area contributed by atoms with Crippen LogP contribution >= 0.6 is 0 Å². The smallest absolute Gasteiger partial charge is 0.241 e. The number of hydrogen-bond donors (Lipinski definition) is 0. The van der Waals surface area contributed by atoms with Gasteiger partial charge in [0.15, 0.2) is 8.32 Å². The summed E-state index contributed by atoms with van der Waals surface area (Å²) in [5.74, 6) is 1.46. The van der Waals surface area contributed by atoms with Gasteiger partial charge in [-0.25, -0.2) is 0 Å². The molecule has 1 aliphatic carbocycles. The van der Waals surface area contributed by atoms with Crippen molar-refractivity contribution in [2.45, 2.75) is 77.5 Å². The third-order valence-electron chi connectivity index (χ3n) is 4.33. The maximum atomic E-state index is 6.47. The van der Waals surface area contributed by atoms with Crippen molar-refractivity contribution in [3.8, 4) is 0 Å². The fourth-order valence-electron chi connectivity index (χ4n) is 2.30. The van der Waals surface area contributed by atoms with E-state index in [1.165, 1.54) is 0 Å². The van der Waals surface area contributed by atoms with E-state index in [9.17, 15) is 0 Å². The van der Waals surface area contributed by atoms with Gasteiger partial charge in [-0.2, -0.15) is 0 Å². The van der Waals surface area contributed by atoms with E-state index in [-0.39, 0.29) is 11.1 Å². The van der Waals surface area contributed by atoms with Crippen molar-refractivity contribution in [3.05, 3.63) is 24.5 Å². The molecule has 0 amide bonds. The summed E-state index contributed by atoms with van der Waals surface area (Å²) >= 11 is 0. The molecule has 4 heteroatoms. The Kier molecular flexibility index (Phi) is 5.73. The van der Waals surface area contributed by atoms with Crippen LogP contribution in [-0.4, -0.2) is 22.7 Å². The summed E-state index contributed by atoms with van der Waals surface area (Å²) in [4.78, 5) is 0. The maximum absolute atomic E-state index is 6.47. The Labute approximate surface area is 133 Å². The summed E-state index contributed by atoms with van der Waals surface area (Å²) in [5, 5.41) is 0.267. The van der Waals surface area contributed by atoms with Gasteiger partial charge in [0.25, 0.3) is 0 Å². The first-order valence-corrected chi connectivity index (χ1v) is 14.3. The van der Waals surface area contributed by atoms with E-state index in [1.54, 1.807) is 0 Å². The Morgan fingerprint density at radius 1 is 1.14 bits per heavy atom. The van der Waals surface area contributed by atoms with E-state index >= 15 is 0 Å². The normalized spacial score (nSPS) is 23.4. The lowest BCUT2D eigenvalue weighted by Crippen LogP contribution is -2.43. The lowest BCUT2D eigenvalue weighted by Gasteiger charge is -2.38. The minimum absolute atomic E-state index is 0.267. The molecule has 0 bridgehead atoms. The van der Waals surface area contributed by atoms with Crippen molar-refractivity contribution in [2.24, 2.45) is 5.92 Å². The SMILES string of the molecule is C=C(C[C@@H]1C=C[C@H](O[Si](C)(C)C(C)(C)C)C1)O[Si](C)(C)C. The van der Waals surface area contributed by atoms with Crippen LogP contribution in [0.15, 0.2) is 24.5 Å². The van der Waals surface area contributed by atoms with Crippen LogP contribution in [0.4, 0.5) is 0 Å². The third-order valence-corrected chi connectivity index (χ3v) is 9.73. The number of allylic oxidation sites excluding steroid dienone is 2. The lowest BCUT2D eigenvalue weighted by molar-refractivity contribution is 0.210. The van der Waals surface area contributed by atoms with Crippen molar-refractivity contribution >= 4 is 16.6 Å². The van der Waals surface area contributed by atoms with E-state index in [0.717, 1.165) is 18.6 Å². The highest BCUT2D eigenvalue weighted by Crippen LogP contribution is 2.39. The maximum Gasteiger partial charge on any atom is 0.241 e. The fourth-order valence-corrected chi connectivity index (χ4v) is 4.53. The predicted octanol–water partition coefficient (Wildman–Crippen LogP) is 5.71. The molecule has 122 valence electrons. The van der Waals surface area contributed by atoms with Crippen LogP contribution in [0.5, 0.6) is 0 Å². The number of hydrogen-bond acceptors (Lipinski definition) is 2. The van der Waals surface area contributed by atoms with Crippen LogP contribution in [0.2, 0.25) is 37.8 Å². The van der Waals surface area contributed by atoms with Crippen LogP contribution in [0.25, 0.3) is 0 Å². The first kappa shape index (κ1) is 18.7. The van der Waals surface area contributed by atoms with Gasteiger partial charge in [0, 0.05) is 6.42 Å². The van der Waals surface area contributed by atoms with Crippen LogP contribution in [-0.2, 0) is 8.85 Å². The zero-order chi connectivity index (χ0) is 16.5. The highest BCUT2D eigenvalue weighted by Gasteiger charge is 2.39. The predicted molar refractivity (Wildman–Crippen MR) is 97.5 cm³/mol. The minimum atomic E-state index is -1.68. The molecule has 2 atom stereocenters. The van der Waals surface area contributed by atoms with Gasteiger partial charge < -0.3 is 8.85 Å². The molecular weight excluding hydrogens is 292 g/mol. The molecule has 0 aromatic carbocycles. The summed E-state index contributed by atoms with van der Waals surface area (Å²) in [6.07, 6.45) is 6.80. The van der Waals surface area contributed by atoms with Crippen LogP contribution < -0.4 is 0 Å². The van der Waals surface area contributed by atoms with Gasteiger partial charge in [0.05, 0.1) is 11.9 Å². The monoisotopic (exact) mass is 326 g/mol. The van der Waals surface area contributed by atoms with Crippen molar-refractivity contribution in [1.29, 1.82) is 0 Å². The number of rotatable bonds is 6. The van der Waals surface area contributed by atoms with Crippen molar-refractivity contribution in [1.82, 2.24) is 0 Å². The Balaban J connectivity index is 2.48. The molecule has 0 aromatic rings. The third kappa shape index (κ3) is 6.13. The largest absolute Gasteiger partial charge is 0.548 e. The van der Waals surface area contributed by atoms with Crippen molar-refractivity contribution < 1.29 is 8.85 Å². The lowest BCUT2D eigenvalue weighted by atomic mass is 10.0. The zero-order valence-electron chi connectivity index (χ0n) is 15.2. The Bertz CT molecular complexity index is 400. The second kappa shape index (κ2) is 6.43. The van der Waals surface area contributed by atoms with E-state index < -0.39 is 16.6 Å². The molecule has 0 fully saturated rings. The molecule has 0 saturated heterocycles. The van der Waals surface area contributed by atoms with Gasteiger partial charge in [0.2, 0.25) is 8.32 Å². The second-order valence-electron chi connectivity index (χ2n) is 8.75. The van der Waals surface area contributed by atoms with Gasteiger partial charge in [-0.05, 0) is 50.1 Å². The Morgan fingerprint density at radius 2 is 1.71 bits per heavy atom. The summed E-state index contributed by atoms with van der Waals surface area (Å²) in [5.41, 5.74) is 0. The van der Waals surface area contributed by atoms with Crippen molar-refractivity contribution in [2.75, 3.05) is 0 Å². The molecular formula is C17H34O2Si2. The molecule has 0 spiro atoms. The van der Waals surface area contributed by atoms with Gasteiger partial charge >= 0.3 is 0 Å². The average Bonchev–Trinajstić information content (AvgIpc) is 2.59. The summed E-state index contributed by atoms with van der Waals surface area (Å²) in [6.45, 7) is 22.2. The second-order valence-corrected chi connectivity index (χ2v) is 17.9. The van der Waals surface area contributed by atoms with E-state index in [0.29, 0.717) is 5.92 Å². The first-order chi connectivity index (χ1) is 9.30. The molecule has 1 aliphatic rings. The van der Waals surface area contributed by atoms with Crippen LogP contribution in [0.3, 0.4) is 0 Å². The van der Waals surface area contributed by atoms with Gasteiger partial charge in [0.1, 0.15) is 0 Å². The topological polar surface area (TPSA) is 18.5 Å². The molecule has 0 saturated carbocycles. The zero-order valence-corrected chi connectivity index (χ0v) is 17.2. The van der Waals surface area contributed by atoms with E-state index in [4.69, 9.17) is 8.85 Å². The summed E-state index contributed by atoms with van der Waals surface area (Å²) in [7, 11) is -3.20. The molecule has 0 aliphatic heterocycles. The van der Waals surface area contributed by atoms with Gasteiger partial charge in [-0.3, -0.25) is 0 Å². The highest BCUT2D eigenvalue weighted by atomic mass is 28.4.